The second-order valence-electron chi connectivity index (χ2n) is 4.66. The highest BCUT2D eigenvalue weighted by atomic mass is 19.3. The third kappa shape index (κ3) is 1.36. The van der Waals surface area contributed by atoms with Crippen LogP contribution in [0.1, 0.15) is 32.6 Å². The minimum Gasteiger partial charge on any atom is -0.258 e. The van der Waals surface area contributed by atoms with Crippen molar-refractivity contribution in [3.8, 4) is 0 Å². The molecule has 0 aromatic carbocycles. The van der Waals surface area contributed by atoms with Crippen molar-refractivity contribution in [2.45, 2.75) is 44.6 Å². The summed E-state index contributed by atoms with van der Waals surface area (Å²) in [5.41, 5.74) is 2.35. The van der Waals surface area contributed by atoms with Crippen LogP contribution >= 0.6 is 0 Å². The first-order valence-electron chi connectivity index (χ1n) is 5.36. The summed E-state index contributed by atoms with van der Waals surface area (Å²) in [5.74, 6) is -2.40. The number of hydrogen-bond acceptors (Lipinski definition) is 2. The summed E-state index contributed by atoms with van der Waals surface area (Å²) < 4.78 is 26.3. The highest BCUT2D eigenvalue weighted by Crippen LogP contribution is 2.66. The minimum absolute atomic E-state index is 0.0956. The van der Waals surface area contributed by atoms with Crippen LogP contribution in [-0.2, 0) is 0 Å². The standard InChI is InChI=1S/C10H18F2N2/c1-3-4-8-5-9(6-10(9,11)12)7-14(8)13-2/h8,13H,3-7H2,1-2H3. The van der Waals surface area contributed by atoms with E-state index in [4.69, 9.17) is 0 Å². The first kappa shape index (κ1) is 10.3. The third-order valence-electron chi connectivity index (χ3n) is 3.66. The van der Waals surface area contributed by atoms with Gasteiger partial charge in [-0.1, -0.05) is 13.3 Å². The normalized spacial score (nSPS) is 40.7. The molecule has 2 unspecified atom stereocenters. The molecule has 1 N–H and O–H groups in total. The van der Waals surface area contributed by atoms with Crippen LogP contribution in [0.25, 0.3) is 0 Å². The molecule has 82 valence electrons. The molecule has 0 radical (unpaired) electrons. The molecule has 0 bridgehead atoms. The van der Waals surface area contributed by atoms with E-state index in [1.807, 2.05) is 12.1 Å². The van der Waals surface area contributed by atoms with Gasteiger partial charge in [0.15, 0.2) is 0 Å². The molecule has 0 amide bonds. The Morgan fingerprint density at radius 3 is 2.57 bits per heavy atom. The molecule has 1 aliphatic carbocycles. The molecule has 1 heterocycles. The molecule has 2 rings (SSSR count). The zero-order valence-corrected chi connectivity index (χ0v) is 8.82. The van der Waals surface area contributed by atoms with E-state index in [9.17, 15) is 8.78 Å². The average Bonchev–Trinajstić information content (AvgIpc) is 2.50. The van der Waals surface area contributed by atoms with Gasteiger partial charge in [0, 0.05) is 19.0 Å². The Labute approximate surface area is 83.6 Å². The Morgan fingerprint density at radius 2 is 2.14 bits per heavy atom. The Balaban J connectivity index is 2.02. The maximum atomic E-state index is 13.2. The van der Waals surface area contributed by atoms with Crippen molar-refractivity contribution in [3.05, 3.63) is 0 Å². The molecule has 1 saturated heterocycles. The summed E-state index contributed by atoms with van der Waals surface area (Å²) >= 11 is 0. The van der Waals surface area contributed by atoms with Crippen molar-refractivity contribution in [1.82, 2.24) is 10.4 Å². The summed E-state index contributed by atoms with van der Waals surface area (Å²) in [6, 6.07) is 0.304. The molecular weight excluding hydrogens is 186 g/mol. The second kappa shape index (κ2) is 3.14. The molecule has 1 aliphatic heterocycles. The highest BCUT2D eigenvalue weighted by Gasteiger charge is 2.73. The number of nitrogens with zero attached hydrogens (tertiary/aromatic N) is 1. The Morgan fingerprint density at radius 1 is 1.50 bits per heavy atom. The lowest BCUT2D eigenvalue weighted by molar-refractivity contribution is 0.0640. The zero-order chi connectivity index (χ0) is 10.4. The van der Waals surface area contributed by atoms with Gasteiger partial charge >= 0.3 is 0 Å². The van der Waals surface area contributed by atoms with Crippen LogP contribution in [-0.4, -0.2) is 30.6 Å². The SMILES string of the molecule is CCCC1CC2(CN1NC)CC2(F)F. The van der Waals surface area contributed by atoms with Gasteiger partial charge in [-0.2, -0.15) is 0 Å². The number of hydrogen-bond donors (Lipinski definition) is 1. The molecule has 1 saturated carbocycles. The summed E-state index contributed by atoms with van der Waals surface area (Å²) in [5, 5.41) is 1.99. The number of hydrazine groups is 1. The van der Waals surface area contributed by atoms with Gasteiger partial charge in [0.2, 0.25) is 0 Å². The van der Waals surface area contributed by atoms with E-state index in [0.29, 0.717) is 19.0 Å². The molecule has 2 nitrogen and oxygen atoms in total. The van der Waals surface area contributed by atoms with Gasteiger partial charge in [-0.05, 0) is 19.9 Å². The topological polar surface area (TPSA) is 15.3 Å². The second-order valence-corrected chi connectivity index (χ2v) is 4.66. The molecule has 2 atom stereocenters. The molecule has 2 fully saturated rings. The van der Waals surface area contributed by atoms with E-state index in [1.54, 1.807) is 0 Å². The maximum Gasteiger partial charge on any atom is 0.256 e. The van der Waals surface area contributed by atoms with Crippen molar-refractivity contribution < 1.29 is 8.78 Å². The first-order chi connectivity index (χ1) is 6.54. The predicted octanol–water partition coefficient (Wildman–Crippen LogP) is 2.02. The van der Waals surface area contributed by atoms with E-state index in [-0.39, 0.29) is 6.42 Å². The van der Waals surface area contributed by atoms with Crippen LogP contribution in [0.5, 0.6) is 0 Å². The maximum absolute atomic E-state index is 13.2. The van der Waals surface area contributed by atoms with Crippen molar-refractivity contribution >= 4 is 0 Å². The van der Waals surface area contributed by atoms with Crippen molar-refractivity contribution in [2.24, 2.45) is 5.41 Å². The van der Waals surface area contributed by atoms with E-state index >= 15 is 0 Å². The van der Waals surface area contributed by atoms with Crippen LogP contribution in [0, 0.1) is 5.41 Å². The number of rotatable bonds is 3. The Hall–Kier alpha value is -0.220. The fourth-order valence-electron chi connectivity index (χ4n) is 2.71. The molecule has 4 heteroatoms. The van der Waals surface area contributed by atoms with Gasteiger partial charge in [0.05, 0.1) is 5.41 Å². The quantitative estimate of drug-likeness (QED) is 0.756. The van der Waals surface area contributed by atoms with Crippen LogP contribution in [0.2, 0.25) is 0 Å². The molecule has 0 aromatic heterocycles. The number of halogens is 2. The molecule has 14 heavy (non-hydrogen) atoms. The van der Waals surface area contributed by atoms with Gasteiger partial charge in [-0.25, -0.2) is 13.8 Å². The Kier molecular flexibility index (Phi) is 2.31. The number of nitrogens with one attached hydrogen (secondary N) is 1. The third-order valence-corrected chi connectivity index (χ3v) is 3.66. The van der Waals surface area contributed by atoms with Crippen LogP contribution in [0.3, 0.4) is 0 Å². The molecule has 1 spiro atoms. The minimum atomic E-state index is -2.40. The Bertz CT molecular complexity index is 232. The smallest absolute Gasteiger partial charge is 0.256 e. The van der Waals surface area contributed by atoms with Crippen molar-refractivity contribution in [1.29, 1.82) is 0 Å². The van der Waals surface area contributed by atoms with Gasteiger partial charge in [0.25, 0.3) is 5.92 Å². The van der Waals surface area contributed by atoms with Crippen LogP contribution in [0.15, 0.2) is 0 Å². The average molecular weight is 204 g/mol. The first-order valence-corrected chi connectivity index (χ1v) is 5.36. The zero-order valence-electron chi connectivity index (χ0n) is 8.82. The van der Waals surface area contributed by atoms with E-state index in [1.165, 1.54) is 0 Å². The van der Waals surface area contributed by atoms with Gasteiger partial charge in [0.1, 0.15) is 0 Å². The molecular formula is C10H18F2N2. The largest absolute Gasteiger partial charge is 0.258 e. The van der Waals surface area contributed by atoms with Crippen LogP contribution in [0.4, 0.5) is 8.78 Å². The monoisotopic (exact) mass is 204 g/mol. The fourth-order valence-corrected chi connectivity index (χ4v) is 2.71. The molecule has 0 aromatic rings. The number of alkyl halides is 2. The van der Waals surface area contributed by atoms with Crippen LogP contribution < -0.4 is 5.43 Å². The molecule has 2 aliphatic rings. The summed E-state index contributed by atoms with van der Waals surface area (Å²) in [4.78, 5) is 0. The van der Waals surface area contributed by atoms with E-state index < -0.39 is 11.3 Å². The van der Waals surface area contributed by atoms with Gasteiger partial charge < -0.3 is 0 Å². The summed E-state index contributed by atoms with van der Waals surface area (Å²) in [6.45, 7) is 2.62. The van der Waals surface area contributed by atoms with Crippen molar-refractivity contribution in [2.75, 3.05) is 13.6 Å². The predicted molar refractivity (Wildman–Crippen MR) is 51.1 cm³/mol. The lowest BCUT2D eigenvalue weighted by atomic mass is 10.00. The van der Waals surface area contributed by atoms with Gasteiger partial charge in [-0.15, -0.1) is 0 Å². The lowest BCUT2D eigenvalue weighted by Crippen LogP contribution is -2.39. The van der Waals surface area contributed by atoms with E-state index in [2.05, 4.69) is 12.3 Å². The highest BCUT2D eigenvalue weighted by molar-refractivity contribution is 5.16. The van der Waals surface area contributed by atoms with Gasteiger partial charge in [-0.3, -0.25) is 5.43 Å². The lowest BCUT2D eigenvalue weighted by Gasteiger charge is -2.22. The fraction of sp³-hybridized carbons (Fsp3) is 1.00. The summed E-state index contributed by atoms with van der Waals surface area (Å²) in [6.07, 6.45) is 2.83. The van der Waals surface area contributed by atoms with E-state index in [0.717, 1.165) is 12.8 Å². The summed E-state index contributed by atoms with van der Waals surface area (Å²) in [7, 11) is 1.82. The van der Waals surface area contributed by atoms with Crippen molar-refractivity contribution in [3.63, 3.8) is 0 Å².